The molecule has 0 N–H and O–H groups in total. The summed E-state index contributed by atoms with van der Waals surface area (Å²) in [5.41, 5.74) is 19.8. The number of rotatable bonds is 8. The van der Waals surface area contributed by atoms with Crippen molar-refractivity contribution in [2.75, 3.05) is 4.90 Å². The third kappa shape index (κ3) is 6.37. The van der Waals surface area contributed by atoms with Crippen molar-refractivity contribution in [3.63, 3.8) is 0 Å². The van der Waals surface area contributed by atoms with Crippen molar-refractivity contribution in [3.05, 3.63) is 186 Å². The first-order valence-electron chi connectivity index (χ1n) is 22.5. The van der Waals surface area contributed by atoms with Gasteiger partial charge in [-0.25, -0.2) is 0 Å². The number of hydrogen-bond acceptors (Lipinski definition) is 1. The Labute approximate surface area is 351 Å². The highest BCUT2D eigenvalue weighted by Crippen LogP contribution is 2.56. The summed E-state index contributed by atoms with van der Waals surface area (Å²) in [6.45, 7) is 4.85. The number of fused-ring (bicyclic) bond motifs is 5. The zero-order valence-electron chi connectivity index (χ0n) is 34.7. The van der Waals surface area contributed by atoms with Crippen LogP contribution in [0.25, 0.3) is 44.5 Å². The van der Waals surface area contributed by atoms with E-state index in [1.54, 1.807) is 0 Å². The molecule has 7 aromatic carbocycles. The molecule has 292 valence electrons. The summed E-state index contributed by atoms with van der Waals surface area (Å²) in [5.74, 6) is 3.09. The van der Waals surface area contributed by atoms with Gasteiger partial charge in [0.2, 0.25) is 0 Å². The van der Waals surface area contributed by atoms with Crippen LogP contribution in [0.1, 0.15) is 106 Å². The Bertz CT molecular complexity index is 2630. The van der Waals surface area contributed by atoms with Gasteiger partial charge in [0.25, 0.3) is 0 Å². The lowest BCUT2D eigenvalue weighted by Gasteiger charge is -2.32. The highest BCUT2D eigenvalue weighted by atomic mass is 15.1. The van der Waals surface area contributed by atoms with Crippen LogP contribution in [0, 0.1) is 11.8 Å². The molecule has 4 aliphatic rings. The highest BCUT2D eigenvalue weighted by Gasteiger charge is 2.41. The predicted octanol–water partition coefficient (Wildman–Crippen LogP) is 16.4. The second-order valence-corrected chi connectivity index (χ2v) is 18.7. The number of para-hydroxylation sites is 1. The first-order valence-corrected chi connectivity index (χ1v) is 22.5. The van der Waals surface area contributed by atoms with Crippen LogP contribution in [0.3, 0.4) is 0 Å². The summed E-state index contributed by atoms with van der Waals surface area (Å²) in [6, 6.07) is 62.6. The van der Waals surface area contributed by atoms with Gasteiger partial charge in [-0.2, -0.15) is 0 Å². The van der Waals surface area contributed by atoms with Gasteiger partial charge in [-0.05, 0) is 147 Å². The van der Waals surface area contributed by atoms with Crippen molar-refractivity contribution >= 4 is 17.1 Å². The molecule has 0 spiro atoms. The van der Waals surface area contributed by atoms with Gasteiger partial charge in [0, 0.05) is 22.4 Å². The lowest BCUT2D eigenvalue weighted by Crippen LogP contribution is -2.17. The van der Waals surface area contributed by atoms with E-state index in [1.165, 1.54) is 142 Å². The number of hydrogen-bond donors (Lipinski definition) is 0. The summed E-state index contributed by atoms with van der Waals surface area (Å²) in [7, 11) is 0. The van der Waals surface area contributed by atoms with E-state index in [0.29, 0.717) is 11.8 Å². The molecule has 59 heavy (non-hydrogen) atoms. The fourth-order valence-corrected chi connectivity index (χ4v) is 12.0. The quantitative estimate of drug-likeness (QED) is 0.149. The molecule has 1 heteroatoms. The van der Waals surface area contributed by atoms with E-state index >= 15 is 0 Å². The summed E-state index contributed by atoms with van der Waals surface area (Å²) < 4.78 is 0. The number of benzene rings is 7. The van der Waals surface area contributed by atoms with E-state index in [2.05, 4.69) is 183 Å². The second-order valence-electron chi connectivity index (χ2n) is 18.7. The molecule has 0 amide bonds. The summed E-state index contributed by atoms with van der Waals surface area (Å²) in [4.78, 5) is 2.60. The van der Waals surface area contributed by atoms with Gasteiger partial charge in [0.05, 0.1) is 5.69 Å². The minimum absolute atomic E-state index is 0.162. The van der Waals surface area contributed by atoms with Gasteiger partial charge >= 0.3 is 0 Å². The molecule has 1 nitrogen and oxygen atoms in total. The molecular formula is C58H55N. The van der Waals surface area contributed by atoms with Gasteiger partial charge < -0.3 is 4.90 Å². The topological polar surface area (TPSA) is 3.24 Å². The molecule has 3 saturated carbocycles. The summed E-state index contributed by atoms with van der Waals surface area (Å²) >= 11 is 0. The normalized spacial score (nSPS) is 20.3. The van der Waals surface area contributed by atoms with Crippen LogP contribution < -0.4 is 4.90 Å². The Morgan fingerprint density at radius 1 is 0.475 bits per heavy atom. The molecule has 3 atom stereocenters. The first-order chi connectivity index (χ1) is 29.0. The van der Waals surface area contributed by atoms with Crippen LogP contribution in [-0.2, 0) is 5.41 Å². The Balaban J connectivity index is 1.12. The maximum absolute atomic E-state index is 2.60. The van der Waals surface area contributed by atoms with E-state index in [1.807, 2.05) is 0 Å². The predicted molar refractivity (Wildman–Crippen MR) is 249 cm³/mol. The van der Waals surface area contributed by atoms with Crippen molar-refractivity contribution in [3.8, 4) is 44.5 Å². The van der Waals surface area contributed by atoms with Crippen LogP contribution in [0.2, 0.25) is 0 Å². The van der Waals surface area contributed by atoms with Crippen LogP contribution in [0.15, 0.2) is 164 Å². The molecule has 2 bridgehead atoms. The fourth-order valence-electron chi connectivity index (χ4n) is 12.0. The van der Waals surface area contributed by atoms with E-state index in [4.69, 9.17) is 0 Å². The summed E-state index contributed by atoms with van der Waals surface area (Å²) in [6.07, 6.45) is 12.2. The van der Waals surface area contributed by atoms with E-state index in [0.717, 1.165) is 11.8 Å². The van der Waals surface area contributed by atoms with Gasteiger partial charge in [-0.3, -0.25) is 0 Å². The lowest BCUT2D eigenvalue weighted by molar-refractivity contribution is 0.420. The fraction of sp³-hybridized carbons (Fsp3) is 0.276. The van der Waals surface area contributed by atoms with Gasteiger partial charge in [0.1, 0.15) is 0 Å². The van der Waals surface area contributed by atoms with Crippen molar-refractivity contribution < 1.29 is 0 Å². The Hall–Kier alpha value is -5.66. The van der Waals surface area contributed by atoms with E-state index < -0.39 is 0 Å². The van der Waals surface area contributed by atoms with Crippen molar-refractivity contribution in [1.82, 2.24) is 0 Å². The van der Waals surface area contributed by atoms with Crippen LogP contribution >= 0.6 is 0 Å². The maximum Gasteiger partial charge on any atom is 0.0540 e. The maximum atomic E-state index is 2.60. The van der Waals surface area contributed by atoms with Crippen LogP contribution in [0.4, 0.5) is 17.1 Å². The molecule has 7 aromatic rings. The molecule has 0 heterocycles. The highest BCUT2D eigenvalue weighted by molar-refractivity contribution is 5.97. The Kier molecular flexibility index (Phi) is 9.18. The van der Waals surface area contributed by atoms with Gasteiger partial charge in [-0.15, -0.1) is 0 Å². The zero-order chi connectivity index (χ0) is 39.5. The van der Waals surface area contributed by atoms with Crippen molar-refractivity contribution in [2.24, 2.45) is 11.8 Å². The van der Waals surface area contributed by atoms with Crippen molar-refractivity contribution in [2.45, 2.75) is 88.9 Å². The monoisotopic (exact) mass is 765 g/mol. The molecule has 3 fully saturated rings. The second kappa shape index (κ2) is 14.9. The number of anilines is 3. The average Bonchev–Trinajstić information content (AvgIpc) is 4.00. The SMILES string of the molecule is CC1(C)c2ccccc2-c2c(-c3ccc(-c4ccccc4)cc3)cc(N(c3ccc(C4CC5CCC4C5)cc3)c3ccccc3-c3ccccc3C3CCCCC3)cc21. The first kappa shape index (κ1) is 36.4. The lowest BCUT2D eigenvalue weighted by atomic mass is 9.80. The largest absolute Gasteiger partial charge is 0.310 e. The molecule has 0 saturated heterocycles. The van der Waals surface area contributed by atoms with Crippen LogP contribution in [-0.4, -0.2) is 0 Å². The third-order valence-corrected chi connectivity index (χ3v) is 15.0. The van der Waals surface area contributed by atoms with Gasteiger partial charge in [0.15, 0.2) is 0 Å². The standard InChI is InChI=1S/C58H55N/c1-58(2)54-23-13-11-22-51(54)57-53(44-29-27-41(28-30-44)40-15-5-3-6-16-40)37-47(38-55(57)58)59(46-33-31-43(32-34-46)52-36-39-25-26-45(52)35-39)56-24-14-12-21-50(56)49-20-10-9-19-48(49)42-17-7-4-8-18-42/h3,5-6,9-16,19-24,27-34,37-39,42,45,52H,4,7-8,17-18,25-26,35-36H2,1-2H3. The molecule has 4 aliphatic carbocycles. The van der Waals surface area contributed by atoms with Gasteiger partial charge in [-0.1, -0.05) is 173 Å². The van der Waals surface area contributed by atoms with Crippen molar-refractivity contribution in [1.29, 1.82) is 0 Å². The minimum Gasteiger partial charge on any atom is -0.310 e. The molecular weight excluding hydrogens is 711 g/mol. The summed E-state index contributed by atoms with van der Waals surface area (Å²) in [5, 5.41) is 0. The van der Waals surface area contributed by atoms with E-state index in [-0.39, 0.29) is 5.41 Å². The molecule has 3 unspecified atom stereocenters. The molecule has 0 aromatic heterocycles. The third-order valence-electron chi connectivity index (χ3n) is 15.0. The Morgan fingerprint density at radius 2 is 1.14 bits per heavy atom. The molecule has 11 rings (SSSR count). The van der Waals surface area contributed by atoms with Crippen LogP contribution in [0.5, 0.6) is 0 Å². The zero-order valence-corrected chi connectivity index (χ0v) is 34.7. The Morgan fingerprint density at radius 3 is 1.88 bits per heavy atom. The van der Waals surface area contributed by atoms with E-state index in [9.17, 15) is 0 Å². The smallest absolute Gasteiger partial charge is 0.0540 e. The number of nitrogens with zero attached hydrogens (tertiary/aromatic N) is 1. The molecule has 0 aliphatic heterocycles. The average molecular weight is 766 g/mol. The minimum atomic E-state index is -0.162. The molecule has 0 radical (unpaired) electrons.